The minimum Gasteiger partial charge on any atom is -0.497 e. The first-order valence-corrected chi connectivity index (χ1v) is 18.5. The highest BCUT2D eigenvalue weighted by atomic mass is 16.5. The topological polar surface area (TPSA) is 196 Å². The minimum atomic E-state index is -1.62. The van der Waals surface area contributed by atoms with Crippen LogP contribution in [-0.4, -0.2) is 127 Å². The Labute approximate surface area is 331 Å². The van der Waals surface area contributed by atoms with E-state index in [1.807, 2.05) is 0 Å². The first-order valence-electron chi connectivity index (χ1n) is 18.5. The molecule has 3 heterocycles. The van der Waals surface area contributed by atoms with Crippen LogP contribution < -0.4 is 30.2 Å². The fraction of sp³-hybridized carbons (Fsp3) is 0.415. The van der Waals surface area contributed by atoms with Crippen LogP contribution >= 0.6 is 0 Å². The SMILES string of the molecule is COc1ccc(C[C@H]2C(=O)N[C@@H](C)C(=O)N(C)C3C(=O)N(C)[C@@H](Cc4ccc(OC)c(c4)Oc4ccc(cc4)[C@@H]3O)C(=O)N[C@H](C)C(=O)N[C@@H](C)C(=O)N2C)cc1. The van der Waals surface area contributed by atoms with Crippen molar-refractivity contribution in [1.82, 2.24) is 30.7 Å². The number of hydrogen-bond donors (Lipinski definition) is 4. The van der Waals surface area contributed by atoms with Crippen molar-refractivity contribution in [3.05, 3.63) is 83.4 Å². The lowest BCUT2D eigenvalue weighted by molar-refractivity contribution is -0.153. The lowest BCUT2D eigenvalue weighted by atomic mass is 9.96. The summed E-state index contributed by atoms with van der Waals surface area (Å²) < 4.78 is 16.9. The smallest absolute Gasteiger partial charge is 0.248 e. The average molecular weight is 787 g/mol. The van der Waals surface area contributed by atoms with Gasteiger partial charge < -0.3 is 50.0 Å². The lowest BCUT2D eigenvalue weighted by Gasteiger charge is -2.38. The summed E-state index contributed by atoms with van der Waals surface area (Å²) in [5.41, 5.74) is 1.49. The summed E-state index contributed by atoms with van der Waals surface area (Å²) in [5, 5.41) is 19.9. The molecule has 0 aromatic heterocycles. The number of methoxy groups -OCH3 is 2. The maximum Gasteiger partial charge on any atom is 0.248 e. The second-order valence-corrected chi connectivity index (χ2v) is 14.4. The second-order valence-electron chi connectivity index (χ2n) is 14.4. The molecule has 1 fully saturated rings. The summed E-state index contributed by atoms with van der Waals surface area (Å²) in [7, 11) is 7.12. The Kier molecular flexibility index (Phi) is 13.1. The van der Waals surface area contributed by atoms with Gasteiger partial charge in [-0.1, -0.05) is 30.3 Å². The van der Waals surface area contributed by atoms with E-state index in [9.17, 15) is 33.9 Å². The van der Waals surface area contributed by atoms with Gasteiger partial charge in [0.2, 0.25) is 35.4 Å². The Hall–Kier alpha value is -6.16. The number of ether oxygens (including phenoxy) is 3. The monoisotopic (exact) mass is 786 g/mol. The van der Waals surface area contributed by atoms with E-state index in [-0.39, 0.29) is 18.4 Å². The van der Waals surface area contributed by atoms with Crippen LogP contribution in [0.4, 0.5) is 0 Å². The van der Waals surface area contributed by atoms with Gasteiger partial charge in [0.25, 0.3) is 0 Å². The number of hydrogen-bond acceptors (Lipinski definition) is 10. The molecule has 3 aliphatic rings. The first-order chi connectivity index (χ1) is 27.0. The van der Waals surface area contributed by atoms with E-state index in [1.165, 1.54) is 61.0 Å². The van der Waals surface area contributed by atoms with Crippen LogP contribution in [0.25, 0.3) is 0 Å². The molecular formula is C41H50N6O10. The van der Waals surface area contributed by atoms with E-state index in [4.69, 9.17) is 14.2 Å². The van der Waals surface area contributed by atoms with Crippen molar-refractivity contribution in [3.63, 3.8) is 0 Å². The number of nitrogens with one attached hydrogen (secondary N) is 3. The van der Waals surface area contributed by atoms with Crippen molar-refractivity contribution in [2.24, 2.45) is 0 Å². The van der Waals surface area contributed by atoms with Crippen LogP contribution in [0.3, 0.4) is 0 Å². The number of carbonyl (C=O) groups is 6. The number of fused-ring (bicyclic) bond motifs is 2. The Morgan fingerprint density at radius 2 is 1.28 bits per heavy atom. The lowest BCUT2D eigenvalue weighted by Crippen LogP contribution is -2.62. The zero-order chi connectivity index (χ0) is 41.7. The van der Waals surface area contributed by atoms with Gasteiger partial charge >= 0.3 is 0 Å². The molecule has 3 aromatic carbocycles. The molecule has 304 valence electrons. The summed E-state index contributed by atoms with van der Waals surface area (Å²) in [6, 6.07) is 10.6. The third-order valence-corrected chi connectivity index (χ3v) is 10.5. The highest BCUT2D eigenvalue weighted by Gasteiger charge is 2.42. The van der Waals surface area contributed by atoms with Crippen LogP contribution in [0, 0.1) is 0 Å². The molecule has 0 saturated carbocycles. The van der Waals surface area contributed by atoms with Crippen molar-refractivity contribution < 1.29 is 48.1 Å². The molecule has 6 rings (SSSR count). The number of carbonyl (C=O) groups excluding carboxylic acids is 6. The van der Waals surface area contributed by atoms with Crippen LogP contribution in [0.2, 0.25) is 0 Å². The predicted octanol–water partition coefficient (Wildman–Crippen LogP) is 1.34. The minimum absolute atomic E-state index is 0.0311. The Morgan fingerprint density at radius 1 is 0.684 bits per heavy atom. The Morgan fingerprint density at radius 3 is 1.89 bits per heavy atom. The maximum atomic E-state index is 14.7. The van der Waals surface area contributed by atoms with Crippen molar-refractivity contribution in [3.8, 4) is 23.0 Å². The molecule has 16 nitrogen and oxygen atoms in total. The predicted molar refractivity (Wildman–Crippen MR) is 207 cm³/mol. The van der Waals surface area contributed by atoms with Gasteiger partial charge in [0.15, 0.2) is 11.5 Å². The number of amides is 6. The molecule has 6 bridgehead atoms. The summed E-state index contributed by atoms with van der Waals surface area (Å²) in [5.74, 6) is -2.52. The maximum absolute atomic E-state index is 14.7. The number of benzene rings is 3. The largest absolute Gasteiger partial charge is 0.497 e. The molecular weight excluding hydrogens is 736 g/mol. The number of aliphatic hydroxyl groups excluding tert-OH is 1. The first kappa shape index (κ1) is 42.0. The number of likely N-dealkylation sites (N-methyl/N-ethyl adjacent to an activating group) is 3. The third-order valence-electron chi connectivity index (χ3n) is 10.5. The fourth-order valence-electron chi connectivity index (χ4n) is 6.91. The standard InChI is InChI=1S/C41H50N6O10/c1-22-36(49)43-23(2)39(52)45(4)30(19-25-9-14-28(55-7)15-10-25)38(51)44-24(3)40(53)47(6)34-35(48)27-12-16-29(17-13-27)57-33-21-26(11-18-32(33)56-8)20-31(37(50)42-22)46(5)41(34)54/h9-18,21-24,30-31,34-35,48H,19-20H2,1-8H3,(H,42,50)(H,43,49)(H,44,51)/t22-,23+,24+,30+,31+,34?,35+/m1/s1. The fourth-order valence-corrected chi connectivity index (χ4v) is 6.91. The van der Waals surface area contributed by atoms with Crippen LogP contribution in [0.5, 0.6) is 23.0 Å². The highest BCUT2D eigenvalue weighted by Crippen LogP contribution is 2.35. The van der Waals surface area contributed by atoms with Crippen molar-refractivity contribution in [2.75, 3.05) is 35.4 Å². The number of aliphatic hydroxyl groups is 1. The van der Waals surface area contributed by atoms with Crippen LogP contribution in [0.1, 0.15) is 43.6 Å². The third kappa shape index (κ3) is 9.28. The van der Waals surface area contributed by atoms with E-state index in [2.05, 4.69) is 16.0 Å². The molecule has 3 aromatic rings. The summed E-state index contributed by atoms with van der Waals surface area (Å²) in [4.78, 5) is 87.9. The van der Waals surface area contributed by atoms with Crippen molar-refractivity contribution in [2.45, 2.75) is 76.0 Å². The quantitative estimate of drug-likeness (QED) is 0.300. The van der Waals surface area contributed by atoms with Crippen molar-refractivity contribution in [1.29, 1.82) is 0 Å². The van der Waals surface area contributed by atoms with Gasteiger partial charge in [-0.15, -0.1) is 0 Å². The van der Waals surface area contributed by atoms with Crippen LogP contribution in [0.15, 0.2) is 66.7 Å². The molecule has 0 spiro atoms. The Bertz CT molecular complexity index is 1990. The van der Waals surface area contributed by atoms with Crippen molar-refractivity contribution >= 4 is 35.4 Å². The zero-order valence-electron chi connectivity index (χ0n) is 33.3. The van der Waals surface area contributed by atoms with E-state index in [0.29, 0.717) is 34.1 Å². The van der Waals surface area contributed by atoms with Gasteiger partial charge in [0.1, 0.15) is 53.9 Å². The molecule has 4 N–H and O–H groups in total. The van der Waals surface area contributed by atoms with E-state index in [0.717, 1.165) is 9.80 Å². The second kappa shape index (κ2) is 17.7. The summed E-state index contributed by atoms with van der Waals surface area (Å²) in [6.45, 7) is 4.32. The zero-order valence-corrected chi connectivity index (χ0v) is 33.3. The van der Waals surface area contributed by atoms with E-state index >= 15 is 0 Å². The Balaban J connectivity index is 1.60. The van der Waals surface area contributed by atoms with Gasteiger partial charge in [-0.25, -0.2) is 0 Å². The van der Waals surface area contributed by atoms with Gasteiger partial charge in [-0.3, -0.25) is 28.8 Å². The summed E-state index contributed by atoms with van der Waals surface area (Å²) in [6.07, 6.45) is -1.67. The molecule has 57 heavy (non-hydrogen) atoms. The van der Waals surface area contributed by atoms with Gasteiger partial charge in [-0.05, 0) is 73.9 Å². The average Bonchev–Trinajstić information content (AvgIpc) is 3.20. The van der Waals surface area contributed by atoms with E-state index in [1.54, 1.807) is 66.7 Å². The number of rotatable bonds is 4. The normalized spacial score (nSPS) is 25.4. The molecule has 3 aliphatic heterocycles. The number of nitrogens with zero attached hydrogens (tertiary/aromatic N) is 3. The van der Waals surface area contributed by atoms with Crippen LogP contribution in [-0.2, 0) is 41.6 Å². The highest BCUT2D eigenvalue weighted by molar-refractivity contribution is 5.98. The molecule has 1 saturated heterocycles. The van der Waals surface area contributed by atoms with Gasteiger partial charge in [0.05, 0.1) is 14.2 Å². The molecule has 1 unspecified atom stereocenters. The van der Waals surface area contributed by atoms with E-state index < -0.39 is 77.8 Å². The molecule has 6 amide bonds. The van der Waals surface area contributed by atoms with Gasteiger partial charge in [0, 0.05) is 34.0 Å². The summed E-state index contributed by atoms with van der Waals surface area (Å²) >= 11 is 0. The van der Waals surface area contributed by atoms with Gasteiger partial charge in [-0.2, -0.15) is 0 Å². The molecule has 0 aliphatic carbocycles. The molecule has 16 heteroatoms. The molecule has 7 atom stereocenters. The molecule has 0 radical (unpaired) electrons.